The zero-order valence-electron chi connectivity index (χ0n) is 16.9. The third-order valence-electron chi connectivity index (χ3n) is 8.19. The highest BCUT2D eigenvalue weighted by Gasteiger charge is 2.54. The highest BCUT2D eigenvalue weighted by atomic mass is 16.3. The first-order valence-electron chi connectivity index (χ1n) is 11.3. The molecule has 150 valence electrons. The van der Waals surface area contributed by atoms with Crippen LogP contribution in [0.5, 0.6) is 5.75 Å². The van der Waals surface area contributed by atoms with Crippen molar-refractivity contribution in [2.24, 2.45) is 17.3 Å². The number of benzene rings is 1. The Kier molecular flexibility index (Phi) is 5.80. The summed E-state index contributed by atoms with van der Waals surface area (Å²) >= 11 is 0. The molecule has 27 heavy (non-hydrogen) atoms. The first-order valence-corrected chi connectivity index (χ1v) is 11.3. The van der Waals surface area contributed by atoms with E-state index in [9.17, 15) is 5.11 Å². The second-order valence-corrected chi connectivity index (χ2v) is 9.57. The van der Waals surface area contributed by atoms with Crippen LogP contribution in [0, 0.1) is 17.3 Å². The van der Waals surface area contributed by atoms with Gasteiger partial charge in [0, 0.05) is 12.6 Å². The fourth-order valence-electron chi connectivity index (χ4n) is 6.77. The maximum Gasteiger partial charge on any atom is 0.115 e. The number of hydrogen-bond acceptors (Lipinski definition) is 3. The van der Waals surface area contributed by atoms with Gasteiger partial charge >= 0.3 is 0 Å². The summed E-state index contributed by atoms with van der Waals surface area (Å²) in [5.41, 5.74) is 3.39. The molecular weight excluding hydrogens is 334 g/mol. The fraction of sp³-hybridized carbons (Fsp3) is 0.750. The minimum atomic E-state index is 0.334. The molecule has 3 nitrogen and oxygen atoms in total. The molecular formula is C24H37NO2. The standard InChI is InChI=1S/C24H37NO2/c1-24-13-12-20-19-9-7-18(27)16-17(19)6-8-21(20)22(24)10-11-23(24)25-14-4-2-3-5-15-26/h7,9,16,20-23,25-27H,2-6,8,10-15H2,1H3/t20-,21-,22-,23-,24+/m0/s1. The van der Waals surface area contributed by atoms with E-state index in [-0.39, 0.29) is 0 Å². The average molecular weight is 372 g/mol. The largest absolute Gasteiger partial charge is 0.508 e. The van der Waals surface area contributed by atoms with Crippen molar-refractivity contribution in [2.75, 3.05) is 13.2 Å². The van der Waals surface area contributed by atoms with E-state index in [1.807, 2.05) is 12.1 Å². The van der Waals surface area contributed by atoms with Gasteiger partial charge < -0.3 is 15.5 Å². The summed E-state index contributed by atoms with van der Waals surface area (Å²) in [6.45, 7) is 4.03. The molecule has 3 N–H and O–H groups in total. The van der Waals surface area contributed by atoms with Gasteiger partial charge in [-0.3, -0.25) is 0 Å². The molecule has 0 bridgehead atoms. The molecule has 1 aromatic rings. The zero-order chi connectivity index (χ0) is 18.9. The van der Waals surface area contributed by atoms with Gasteiger partial charge in [-0.25, -0.2) is 0 Å². The molecule has 0 spiro atoms. The minimum Gasteiger partial charge on any atom is -0.508 e. The molecule has 4 rings (SSSR count). The van der Waals surface area contributed by atoms with Gasteiger partial charge in [0.25, 0.3) is 0 Å². The van der Waals surface area contributed by atoms with E-state index in [4.69, 9.17) is 5.11 Å². The molecule has 1 aromatic carbocycles. The lowest BCUT2D eigenvalue weighted by atomic mass is 9.55. The normalized spacial score (nSPS) is 34.7. The molecule has 0 aromatic heterocycles. The number of aryl methyl sites for hydroxylation is 1. The Morgan fingerprint density at radius 2 is 1.93 bits per heavy atom. The second-order valence-electron chi connectivity index (χ2n) is 9.57. The van der Waals surface area contributed by atoms with E-state index in [2.05, 4.69) is 18.3 Å². The lowest BCUT2D eigenvalue weighted by Gasteiger charge is -2.51. The summed E-state index contributed by atoms with van der Waals surface area (Å²) in [5.74, 6) is 2.82. The van der Waals surface area contributed by atoms with Crippen molar-refractivity contribution in [1.82, 2.24) is 5.32 Å². The molecule has 0 radical (unpaired) electrons. The lowest BCUT2D eigenvalue weighted by molar-refractivity contribution is 0.0412. The molecule has 3 heteroatoms. The molecule has 0 saturated heterocycles. The van der Waals surface area contributed by atoms with Crippen LogP contribution in [-0.4, -0.2) is 29.4 Å². The van der Waals surface area contributed by atoms with Crippen molar-refractivity contribution in [3.63, 3.8) is 0 Å². The van der Waals surface area contributed by atoms with Crippen molar-refractivity contribution in [3.8, 4) is 5.75 Å². The van der Waals surface area contributed by atoms with Crippen molar-refractivity contribution < 1.29 is 10.2 Å². The number of hydrogen-bond donors (Lipinski definition) is 3. The van der Waals surface area contributed by atoms with Crippen LogP contribution in [0.4, 0.5) is 0 Å². The number of aromatic hydroxyl groups is 1. The number of phenols is 1. The van der Waals surface area contributed by atoms with Gasteiger partial charge in [-0.1, -0.05) is 25.8 Å². The van der Waals surface area contributed by atoms with Gasteiger partial charge in [-0.2, -0.15) is 0 Å². The SMILES string of the molecule is C[C@@]12CC[C@H]3c4ccc(O)cc4CC[C@@H]3[C@@H]1CC[C@@H]2NCCCCCCO. The summed E-state index contributed by atoms with van der Waals surface area (Å²) in [5, 5.41) is 22.7. The molecule has 3 aliphatic rings. The van der Waals surface area contributed by atoms with Crippen LogP contribution in [0.15, 0.2) is 18.2 Å². The Labute approximate surface area is 164 Å². The number of nitrogens with one attached hydrogen (secondary N) is 1. The molecule has 3 aliphatic carbocycles. The van der Waals surface area contributed by atoms with Crippen molar-refractivity contribution in [1.29, 1.82) is 0 Å². The first-order chi connectivity index (χ1) is 13.1. The number of phenolic OH excluding ortho intramolecular Hbond substituents is 1. The predicted molar refractivity (Wildman–Crippen MR) is 110 cm³/mol. The molecule has 5 atom stereocenters. The average Bonchev–Trinajstić information content (AvgIpc) is 3.00. The van der Waals surface area contributed by atoms with E-state index in [1.165, 1.54) is 56.1 Å². The van der Waals surface area contributed by atoms with Gasteiger partial charge in [0.05, 0.1) is 0 Å². The minimum absolute atomic E-state index is 0.334. The summed E-state index contributed by atoms with van der Waals surface area (Å²) in [6, 6.07) is 6.80. The van der Waals surface area contributed by atoms with Crippen LogP contribution in [0.3, 0.4) is 0 Å². The van der Waals surface area contributed by atoms with E-state index in [0.29, 0.717) is 29.7 Å². The van der Waals surface area contributed by atoms with Crippen molar-refractivity contribution >= 4 is 0 Å². The van der Waals surface area contributed by atoms with Gasteiger partial charge in [0.15, 0.2) is 0 Å². The topological polar surface area (TPSA) is 52.5 Å². The van der Waals surface area contributed by atoms with Gasteiger partial charge in [-0.05, 0) is 104 Å². The summed E-state index contributed by atoms with van der Waals surface area (Å²) in [7, 11) is 0. The Hall–Kier alpha value is -1.06. The molecule has 2 saturated carbocycles. The number of aliphatic hydroxyl groups excluding tert-OH is 1. The van der Waals surface area contributed by atoms with Crippen LogP contribution in [-0.2, 0) is 6.42 Å². The third kappa shape index (κ3) is 3.65. The molecule has 0 heterocycles. The van der Waals surface area contributed by atoms with Crippen LogP contribution in [0.2, 0.25) is 0 Å². The number of aliphatic hydroxyl groups is 1. The highest BCUT2D eigenvalue weighted by Crippen LogP contribution is 2.60. The lowest BCUT2D eigenvalue weighted by Crippen LogP contribution is -2.48. The second kappa shape index (κ2) is 8.13. The van der Waals surface area contributed by atoms with Crippen LogP contribution < -0.4 is 5.32 Å². The van der Waals surface area contributed by atoms with Crippen LogP contribution >= 0.6 is 0 Å². The quantitative estimate of drug-likeness (QED) is 0.606. The van der Waals surface area contributed by atoms with Crippen molar-refractivity contribution in [2.45, 2.75) is 83.1 Å². The smallest absolute Gasteiger partial charge is 0.115 e. The maximum atomic E-state index is 9.84. The number of unbranched alkanes of at least 4 members (excludes halogenated alkanes) is 3. The Morgan fingerprint density at radius 3 is 2.78 bits per heavy atom. The van der Waals surface area contributed by atoms with Crippen LogP contribution in [0.1, 0.15) is 81.8 Å². The molecule has 0 amide bonds. The van der Waals surface area contributed by atoms with E-state index in [0.717, 1.165) is 37.6 Å². The molecule has 0 aliphatic heterocycles. The van der Waals surface area contributed by atoms with Gasteiger partial charge in [0.1, 0.15) is 5.75 Å². The molecule has 2 fully saturated rings. The zero-order valence-corrected chi connectivity index (χ0v) is 16.9. The Morgan fingerprint density at radius 1 is 1.07 bits per heavy atom. The van der Waals surface area contributed by atoms with Gasteiger partial charge in [0.2, 0.25) is 0 Å². The Balaban J connectivity index is 1.39. The van der Waals surface area contributed by atoms with E-state index < -0.39 is 0 Å². The maximum absolute atomic E-state index is 9.84. The van der Waals surface area contributed by atoms with Gasteiger partial charge in [-0.15, -0.1) is 0 Å². The number of fused-ring (bicyclic) bond motifs is 5. The molecule has 0 unspecified atom stereocenters. The first kappa shape index (κ1) is 19.3. The monoisotopic (exact) mass is 371 g/mol. The van der Waals surface area contributed by atoms with E-state index in [1.54, 1.807) is 0 Å². The third-order valence-corrected chi connectivity index (χ3v) is 8.19. The number of rotatable bonds is 7. The summed E-state index contributed by atoms with van der Waals surface area (Å²) in [4.78, 5) is 0. The van der Waals surface area contributed by atoms with Crippen LogP contribution in [0.25, 0.3) is 0 Å². The summed E-state index contributed by atoms with van der Waals surface area (Å²) in [6.07, 6.45) is 12.4. The van der Waals surface area contributed by atoms with Crippen molar-refractivity contribution in [3.05, 3.63) is 29.3 Å². The summed E-state index contributed by atoms with van der Waals surface area (Å²) < 4.78 is 0. The fourth-order valence-corrected chi connectivity index (χ4v) is 6.77. The predicted octanol–water partition coefficient (Wildman–Crippen LogP) is 4.76. The highest BCUT2D eigenvalue weighted by molar-refractivity contribution is 5.40. The van der Waals surface area contributed by atoms with E-state index >= 15 is 0 Å². The Bertz CT molecular complexity index is 645.